The Labute approximate surface area is 70.9 Å². The number of carboxylic acids is 2. The first-order chi connectivity index (χ1) is 5.04. The maximum absolute atomic E-state index is 9.64. The van der Waals surface area contributed by atoms with E-state index in [2.05, 4.69) is 0 Å². The third-order valence-corrected chi connectivity index (χ3v) is 0.553. The molecule has 0 aliphatic rings. The molecule has 0 unspecified atom stereocenters. The molecule has 0 rings (SSSR count). The van der Waals surface area contributed by atoms with Crippen LogP contribution < -0.4 is 0 Å². The summed E-state index contributed by atoms with van der Waals surface area (Å²) in [4.78, 5) is 19.3. The molecule has 0 fully saturated rings. The van der Waals surface area contributed by atoms with Gasteiger partial charge in [-0.3, -0.25) is 9.59 Å². The standard InChI is InChI=1S/C4H6O4.2H2O.Zn/c5-3(6)1-2-4(7)8;;;/h1-2H2,(H,5,6)(H,7,8);2*1H2;/q;;;+2/p-2. The SMILES string of the molecule is O=C(O)CCC(=O)O.[OH][Zn][OH]. The van der Waals surface area contributed by atoms with E-state index >= 15 is 0 Å². The molecule has 4 N–H and O–H groups in total. The fourth-order valence-corrected chi connectivity index (χ4v) is 0.214. The van der Waals surface area contributed by atoms with Crippen molar-refractivity contribution < 1.29 is 45.5 Å². The van der Waals surface area contributed by atoms with Crippen molar-refractivity contribution in [1.29, 1.82) is 0 Å². The minimum atomic E-state index is -1.88. The van der Waals surface area contributed by atoms with Gasteiger partial charge in [-0.15, -0.1) is 0 Å². The van der Waals surface area contributed by atoms with E-state index in [1.54, 1.807) is 0 Å². The summed E-state index contributed by atoms with van der Waals surface area (Å²) >= 11 is -1.88. The number of aliphatic carboxylic acids is 2. The molecule has 6 nitrogen and oxygen atoms in total. The Balaban J connectivity index is 0. The summed E-state index contributed by atoms with van der Waals surface area (Å²) in [6.45, 7) is 0. The van der Waals surface area contributed by atoms with Crippen molar-refractivity contribution in [2.24, 2.45) is 0 Å². The van der Waals surface area contributed by atoms with Crippen LogP contribution >= 0.6 is 0 Å². The van der Waals surface area contributed by atoms with Crippen molar-refractivity contribution in [2.45, 2.75) is 12.8 Å². The molecule has 0 spiro atoms. The molecular formula is C4H8O6Zn. The second-order valence-corrected chi connectivity index (χ2v) is 2.02. The van der Waals surface area contributed by atoms with Gasteiger partial charge in [-0.1, -0.05) is 0 Å². The summed E-state index contributed by atoms with van der Waals surface area (Å²) in [5.74, 6) is -2.15. The number of hydrogen-bond donors (Lipinski definition) is 4. The Hall–Kier alpha value is -0.517. The molecule has 0 saturated carbocycles. The van der Waals surface area contributed by atoms with Gasteiger partial charge in [0.25, 0.3) is 0 Å². The van der Waals surface area contributed by atoms with Gasteiger partial charge in [0.1, 0.15) is 0 Å². The fraction of sp³-hybridized carbons (Fsp3) is 0.500. The quantitative estimate of drug-likeness (QED) is 0.442. The van der Waals surface area contributed by atoms with Crippen molar-refractivity contribution in [1.82, 2.24) is 0 Å². The molecule has 0 aliphatic heterocycles. The molecule has 0 saturated heterocycles. The third-order valence-electron chi connectivity index (χ3n) is 0.553. The Kier molecular flexibility index (Phi) is 11.3. The summed E-state index contributed by atoms with van der Waals surface area (Å²) in [6.07, 6.45) is -0.593. The van der Waals surface area contributed by atoms with Crippen molar-refractivity contribution in [3.8, 4) is 0 Å². The first-order valence-electron chi connectivity index (χ1n) is 2.70. The van der Waals surface area contributed by atoms with Gasteiger partial charge in [-0.2, -0.15) is 0 Å². The van der Waals surface area contributed by atoms with Crippen molar-refractivity contribution >= 4 is 11.9 Å². The minimum absolute atomic E-state index is 0.296. The first-order valence-corrected chi connectivity index (χ1v) is 5.35. The number of carbonyl (C=O) groups is 2. The van der Waals surface area contributed by atoms with Crippen LogP contribution in [0.15, 0.2) is 0 Å². The van der Waals surface area contributed by atoms with Crippen LogP contribution in [0.4, 0.5) is 0 Å². The van der Waals surface area contributed by atoms with Gasteiger partial charge in [0.05, 0.1) is 12.8 Å². The zero-order chi connectivity index (χ0) is 9.28. The van der Waals surface area contributed by atoms with Gasteiger partial charge in [0.15, 0.2) is 0 Å². The maximum atomic E-state index is 9.64. The van der Waals surface area contributed by atoms with E-state index in [0.717, 1.165) is 0 Å². The van der Waals surface area contributed by atoms with Gasteiger partial charge in [0, 0.05) is 0 Å². The average molecular weight is 217 g/mol. The molecule has 0 aromatic heterocycles. The van der Waals surface area contributed by atoms with Crippen LogP contribution in [-0.4, -0.2) is 30.0 Å². The molecule has 11 heavy (non-hydrogen) atoms. The molecule has 0 amide bonds. The first kappa shape index (κ1) is 13.1. The van der Waals surface area contributed by atoms with E-state index < -0.39 is 29.8 Å². The second kappa shape index (κ2) is 9.48. The number of carboxylic acid groups (broad SMARTS) is 2. The van der Waals surface area contributed by atoms with Gasteiger partial charge < -0.3 is 10.2 Å². The summed E-state index contributed by atoms with van der Waals surface area (Å²) in [7, 11) is 0. The van der Waals surface area contributed by atoms with E-state index in [9.17, 15) is 9.59 Å². The molecule has 0 radical (unpaired) electrons. The van der Waals surface area contributed by atoms with E-state index in [1.807, 2.05) is 0 Å². The Morgan fingerprint density at radius 1 is 1.00 bits per heavy atom. The predicted octanol–water partition coefficient (Wildman–Crippen LogP) is -1.18. The number of rotatable bonds is 3. The van der Waals surface area contributed by atoms with Crippen molar-refractivity contribution in [3.05, 3.63) is 0 Å². The van der Waals surface area contributed by atoms with Gasteiger partial charge in [0.2, 0.25) is 0 Å². The van der Waals surface area contributed by atoms with Crippen LogP contribution in [0, 0.1) is 0 Å². The van der Waals surface area contributed by atoms with E-state index in [4.69, 9.17) is 18.1 Å². The van der Waals surface area contributed by atoms with Gasteiger partial charge in [-0.05, 0) is 0 Å². The molecule has 7 heteroatoms. The van der Waals surface area contributed by atoms with Crippen LogP contribution in [0.2, 0.25) is 0 Å². The molecule has 0 bridgehead atoms. The van der Waals surface area contributed by atoms with Gasteiger partial charge >= 0.3 is 37.7 Å². The van der Waals surface area contributed by atoms with Gasteiger partial charge in [-0.25, -0.2) is 0 Å². The Morgan fingerprint density at radius 3 is 1.27 bits per heavy atom. The van der Waals surface area contributed by atoms with Crippen LogP contribution in [0.3, 0.4) is 0 Å². The van der Waals surface area contributed by atoms with Crippen molar-refractivity contribution in [3.63, 3.8) is 0 Å². The van der Waals surface area contributed by atoms with E-state index in [0.29, 0.717) is 0 Å². The van der Waals surface area contributed by atoms with Crippen LogP contribution in [-0.2, 0) is 27.4 Å². The summed E-state index contributed by atoms with van der Waals surface area (Å²) < 4.78 is 14.6. The molecule has 0 heterocycles. The molecule has 0 atom stereocenters. The van der Waals surface area contributed by atoms with Crippen LogP contribution in [0.5, 0.6) is 0 Å². The summed E-state index contributed by atoms with van der Waals surface area (Å²) in [6, 6.07) is 0. The topological polar surface area (TPSA) is 115 Å². The zero-order valence-electron chi connectivity index (χ0n) is 5.73. The molecular weight excluding hydrogens is 209 g/mol. The van der Waals surface area contributed by atoms with Crippen LogP contribution in [0.1, 0.15) is 12.8 Å². The Bertz CT molecular complexity index is 110. The number of hydrogen-bond acceptors (Lipinski definition) is 4. The van der Waals surface area contributed by atoms with Crippen LogP contribution in [0.25, 0.3) is 0 Å². The zero-order valence-corrected chi connectivity index (χ0v) is 8.69. The summed E-state index contributed by atoms with van der Waals surface area (Å²) in [5.41, 5.74) is 0. The molecule has 0 aromatic rings. The second-order valence-electron chi connectivity index (χ2n) is 1.43. The third kappa shape index (κ3) is 26.4. The normalized spacial score (nSPS) is 7.09. The monoisotopic (exact) mass is 216 g/mol. The van der Waals surface area contributed by atoms with E-state index in [-0.39, 0.29) is 12.8 Å². The molecule has 0 aromatic carbocycles. The molecule has 0 aliphatic carbocycles. The fourth-order valence-electron chi connectivity index (χ4n) is 0.214. The average Bonchev–Trinajstić information content (AvgIpc) is 1.85. The molecule has 62 valence electrons. The Morgan fingerprint density at radius 2 is 1.18 bits per heavy atom. The van der Waals surface area contributed by atoms with Crippen molar-refractivity contribution in [2.75, 3.05) is 0 Å². The summed E-state index contributed by atoms with van der Waals surface area (Å²) in [5, 5.41) is 15.8. The van der Waals surface area contributed by atoms with E-state index in [1.165, 1.54) is 0 Å². The predicted molar refractivity (Wildman–Crippen MR) is 28.9 cm³/mol.